The number of amides is 1. The second-order valence-corrected chi connectivity index (χ2v) is 6.52. The first-order chi connectivity index (χ1) is 12.3. The minimum atomic E-state index is -0.722. The molecule has 0 aliphatic heterocycles. The van der Waals surface area contributed by atoms with Gasteiger partial charge in [0.2, 0.25) is 0 Å². The normalized spacial score (nSPS) is 10.8. The molecule has 0 bridgehead atoms. The molecule has 1 aromatic carbocycles. The van der Waals surface area contributed by atoms with Gasteiger partial charge in [0.15, 0.2) is 5.69 Å². The number of carbonyl (C=O) groups excluding carboxylic acids is 1. The molecule has 0 saturated heterocycles. The first kappa shape index (κ1) is 20.1. The Morgan fingerprint density at radius 1 is 1.27 bits per heavy atom. The van der Waals surface area contributed by atoms with Gasteiger partial charge in [0.05, 0.1) is 10.6 Å². The molecule has 7 nitrogen and oxygen atoms in total. The predicted octanol–water partition coefficient (Wildman–Crippen LogP) is 2.89. The highest BCUT2D eigenvalue weighted by Gasteiger charge is 2.25. The van der Waals surface area contributed by atoms with E-state index in [2.05, 4.69) is 4.98 Å². The minimum Gasteiger partial charge on any atom is -0.383 e. The fourth-order valence-corrected chi connectivity index (χ4v) is 3.08. The summed E-state index contributed by atoms with van der Waals surface area (Å²) in [5, 5.41) is 0.551. The molecule has 26 heavy (non-hydrogen) atoms. The quantitative estimate of drug-likeness (QED) is 0.780. The molecule has 3 N–H and O–H groups in total. The number of nitrogens with two attached hydrogens (primary N) is 1. The molecule has 2 rings (SSSR count). The van der Waals surface area contributed by atoms with E-state index >= 15 is 0 Å². The largest absolute Gasteiger partial charge is 0.383 e. The van der Waals surface area contributed by atoms with Crippen molar-refractivity contribution in [3.63, 3.8) is 0 Å². The average molecular weight is 399 g/mol. The highest BCUT2D eigenvalue weighted by Crippen LogP contribution is 2.25. The standard InChI is InChI=1S/C17H20Cl2N4O3/c1-3-5-8-23-14(20)13(15(24)21-17(23)26)22(4-2)16(25)11-7-6-10(18)9-12(11)19/h6-7,9H,3-5,8,20H2,1-2H3,(H,21,24,26). The van der Waals surface area contributed by atoms with Crippen LogP contribution in [0.5, 0.6) is 0 Å². The van der Waals surface area contributed by atoms with Crippen molar-refractivity contribution < 1.29 is 4.79 Å². The molecular weight excluding hydrogens is 379 g/mol. The molecule has 1 amide bonds. The van der Waals surface area contributed by atoms with Gasteiger partial charge in [-0.2, -0.15) is 0 Å². The van der Waals surface area contributed by atoms with Gasteiger partial charge in [-0.25, -0.2) is 4.79 Å². The maximum Gasteiger partial charge on any atom is 0.330 e. The average Bonchev–Trinajstić information content (AvgIpc) is 2.57. The Labute approximate surface area is 160 Å². The Bertz CT molecular complexity index is 937. The number of aromatic amines is 1. The first-order valence-corrected chi connectivity index (χ1v) is 8.96. The molecule has 0 aliphatic carbocycles. The van der Waals surface area contributed by atoms with E-state index in [4.69, 9.17) is 28.9 Å². The van der Waals surface area contributed by atoms with E-state index in [1.165, 1.54) is 27.7 Å². The fourth-order valence-electron chi connectivity index (χ4n) is 2.59. The third-order valence-corrected chi connectivity index (χ3v) is 4.49. The third-order valence-electron chi connectivity index (χ3n) is 3.94. The van der Waals surface area contributed by atoms with Crippen LogP contribution >= 0.6 is 23.2 Å². The number of aromatic nitrogens is 2. The minimum absolute atomic E-state index is 0.0486. The molecule has 2 aromatic rings. The van der Waals surface area contributed by atoms with Gasteiger partial charge in [-0.15, -0.1) is 0 Å². The summed E-state index contributed by atoms with van der Waals surface area (Å²) in [5.74, 6) is -0.556. The van der Waals surface area contributed by atoms with Crippen molar-refractivity contribution in [1.82, 2.24) is 9.55 Å². The van der Waals surface area contributed by atoms with E-state index in [1.54, 1.807) is 6.92 Å². The van der Waals surface area contributed by atoms with E-state index in [-0.39, 0.29) is 28.6 Å². The Balaban J connectivity index is 2.58. The molecule has 9 heteroatoms. The van der Waals surface area contributed by atoms with Crippen LogP contribution < -0.4 is 21.9 Å². The summed E-state index contributed by atoms with van der Waals surface area (Å²) in [6, 6.07) is 4.46. The number of nitrogen functional groups attached to an aromatic ring is 1. The van der Waals surface area contributed by atoms with Crippen molar-refractivity contribution in [3.8, 4) is 0 Å². The molecule has 0 unspecified atom stereocenters. The highest BCUT2D eigenvalue weighted by atomic mass is 35.5. The van der Waals surface area contributed by atoms with Gasteiger partial charge in [0, 0.05) is 18.1 Å². The number of carbonyl (C=O) groups is 1. The Morgan fingerprint density at radius 2 is 1.96 bits per heavy atom. The van der Waals surface area contributed by atoms with Gasteiger partial charge in [-0.05, 0) is 31.5 Å². The smallest absolute Gasteiger partial charge is 0.330 e. The summed E-state index contributed by atoms with van der Waals surface area (Å²) in [5.41, 5.74) is 4.87. The van der Waals surface area contributed by atoms with Gasteiger partial charge < -0.3 is 10.6 Å². The molecule has 1 heterocycles. The summed E-state index contributed by atoms with van der Waals surface area (Å²) in [6.07, 6.45) is 1.55. The predicted molar refractivity (Wildman–Crippen MR) is 104 cm³/mol. The molecule has 0 radical (unpaired) electrons. The Kier molecular flexibility index (Phi) is 6.50. The fraction of sp³-hybridized carbons (Fsp3) is 0.353. The number of H-pyrrole nitrogens is 1. The second-order valence-electron chi connectivity index (χ2n) is 5.67. The number of nitrogens with one attached hydrogen (secondary N) is 1. The van der Waals surface area contributed by atoms with Crippen LogP contribution in [0.3, 0.4) is 0 Å². The van der Waals surface area contributed by atoms with Crippen molar-refractivity contribution in [3.05, 3.63) is 54.6 Å². The van der Waals surface area contributed by atoms with Crippen LogP contribution in [0.25, 0.3) is 0 Å². The molecule has 1 aromatic heterocycles. The van der Waals surface area contributed by atoms with Gasteiger partial charge in [0.25, 0.3) is 11.5 Å². The summed E-state index contributed by atoms with van der Waals surface area (Å²) in [7, 11) is 0. The zero-order valence-electron chi connectivity index (χ0n) is 14.5. The lowest BCUT2D eigenvalue weighted by atomic mass is 10.2. The maximum absolute atomic E-state index is 12.9. The maximum atomic E-state index is 12.9. The lowest BCUT2D eigenvalue weighted by Gasteiger charge is -2.23. The lowest BCUT2D eigenvalue weighted by Crippen LogP contribution is -2.41. The van der Waals surface area contributed by atoms with Crippen LogP contribution in [0.2, 0.25) is 10.0 Å². The summed E-state index contributed by atoms with van der Waals surface area (Å²) in [6.45, 7) is 4.18. The number of nitrogens with zero attached hydrogens (tertiary/aromatic N) is 2. The van der Waals surface area contributed by atoms with E-state index in [0.29, 0.717) is 18.0 Å². The van der Waals surface area contributed by atoms with Crippen LogP contribution in [0.1, 0.15) is 37.0 Å². The summed E-state index contributed by atoms with van der Waals surface area (Å²) in [4.78, 5) is 40.8. The van der Waals surface area contributed by atoms with Crippen molar-refractivity contribution in [2.45, 2.75) is 33.2 Å². The van der Waals surface area contributed by atoms with Crippen LogP contribution in [0.15, 0.2) is 27.8 Å². The molecule has 0 saturated carbocycles. The third kappa shape index (κ3) is 3.94. The number of unbranched alkanes of at least 4 members (excludes halogenated alkanes) is 1. The Morgan fingerprint density at radius 3 is 2.54 bits per heavy atom. The molecular formula is C17H20Cl2N4O3. The van der Waals surface area contributed by atoms with Gasteiger partial charge in [0.1, 0.15) is 5.82 Å². The monoisotopic (exact) mass is 398 g/mol. The number of hydrogen-bond donors (Lipinski definition) is 2. The van der Waals surface area contributed by atoms with Gasteiger partial charge >= 0.3 is 5.69 Å². The van der Waals surface area contributed by atoms with Crippen molar-refractivity contribution in [2.75, 3.05) is 17.2 Å². The number of halogens is 2. The number of rotatable bonds is 6. The zero-order chi connectivity index (χ0) is 19.4. The van der Waals surface area contributed by atoms with Crippen molar-refractivity contribution in [1.29, 1.82) is 0 Å². The second kappa shape index (κ2) is 8.42. The van der Waals surface area contributed by atoms with Crippen molar-refractivity contribution in [2.24, 2.45) is 0 Å². The SMILES string of the molecule is CCCCn1c(N)c(N(CC)C(=O)c2ccc(Cl)cc2Cl)c(=O)[nH]c1=O. The molecule has 0 aliphatic rings. The van der Waals surface area contributed by atoms with Crippen molar-refractivity contribution >= 4 is 40.6 Å². The number of benzene rings is 1. The first-order valence-electron chi connectivity index (χ1n) is 8.21. The zero-order valence-corrected chi connectivity index (χ0v) is 16.0. The van der Waals surface area contributed by atoms with Gasteiger partial charge in [-0.1, -0.05) is 36.5 Å². The molecule has 0 atom stereocenters. The van der Waals surface area contributed by atoms with E-state index in [9.17, 15) is 14.4 Å². The van der Waals surface area contributed by atoms with Gasteiger partial charge in [-0.3, -0.25) is 19.1 Å². The van der Waals surface area contributed by atoms with Crippen LogP contribution in [0, 0.1) is 0 Å². The van der Waals surface area contributed by atoms with Crippen LogP contribution in [0.4, 0.5) is 11.5 Å². The van der Waals surface area contributed by atoms with E-state index in [1.807, 2.05) is 6.92 Å². The molecule has 0 fully saturated rings. The van der Waals surface area contributed by atoms with Crippen LogP contribution in [-0.4, -0.2) is 22.0 Å². The number of hydrogen-bond acceptors (Lipinski definition) is 4. The molecule has 140 valence electrons. The van der Waals surface area contributed by atoms with E-state index in [0.717, 1.165) is 6.42 Å². The summed E-state index contributed by atoms with van der Waals surface area (Å²) >= 11 is 12.0. The Hall–Kier alpha value is -2.25. The number of anilines is 2. The topological polar surface area (TPSA) is 101 Å². The van der Waals surface area contributed by atoms with Crippen LogP contribution in [-0.2, 0) is 6.54 Å². The molecule has 0 spiro atoms. The lowest BCUT2D eigenvalue weighted by molar-refractivity contribution is 0.0988. The summed E-state index contributed by atoms with van der Waals surface area (Å²) < 4.78 is 1.26. The highest BCUT2D eigenvalue weighted by molar-refractivity contribution is 6.37. The van der Waals surface area contributed by atoms with E-state index < -0.39 is 17.2 Å².